The molecule has 1 saturated carbocycles. The van der Waals surface area contributed by atoms with Crippen LogP contribution in [0.5, 0.6) is 0 Å². The lowest BCUT2D eigenvalue weighted by Gasteiger charge is -2.45. The van der Waals surface area contributed by atoms with Gasteiger partial charge < -0.3 is 4.90 Å². The van der Waals surface area contributed by atoms with Crippen molar-refractivity contribution in [1.29, 1.82) is 0 Å². The molecule has 2 nitrogen and oxygen atoms in total. The Morgan fingerprint density at radius 1 is 1.29 bits per heavy atom. The molecule has 2 rings (SSSR count). The summed E-state index contributed by atoms with van der Waals surface area (Å²) < 4.78 is 11.2. The van der Waals surface area contributed by atoms with Crippen molar-refractivity contribution in [2.75, 3.05) is 36.9 Å². The molecule has 0 bridgehead atoms. The van der Waals surface area contributed by atoms with Crippen molar-refractivity contribution >= 4 is 23.4 Å². The second kappa shape index (κ2) is 4.54. The molecule has 82 valence electrons. The Labute approximate surface area is 94.3 Å². The SMILES string of the molecule is O=S1CCN(CC2(CS)CCC2)CC1. The molecule has 0 amide bonds. The number of thiol groups is 1. The number of nitrogens with zero attached hydrogens (tertiary/aromatic N) is 1. The molecule has 0 spiro atoms. The predicted molar refractivity (Wildman–Crippen MR) is 64.5 cm³/mol. The minimum atomic E-state index is -0.536. The Kier molecular flexibility index (Phi) is 3.55. The van der Waals surface area contributed by atoms with Gasteiger partial charge in [0, 0.05) is 41.9 Å². The minimum Gasteiger partial charge on any atom is -0.301 e. The zero-order chi connectivity index (χ0) is 10.0. The monoisotopic (exact) mass is 233 g/mol. The molecule has 1 aliphatic carbocycles. The van der Waals surface area contributed by atoms with Crippen LogP contribution in [0.4, 0.5) is 0 Å². The van der Waals surface area contributed by atoms with Gasteiger partial charge in [-0.3, -0.25) is 4.21 Å². The van der Waals surface area contributed by atoms with E-state index in [4.69, 9.17) is 0 Å². The molecule has 14 heavy (non-hydrogen) atoms. The van der Waals surface area contributed by atoms with Gasteiger partial charge in [0.25, 0.3) is 0 Å². The van der Waals surface area contributed by atoms with Crippen LogP contribution >= 0.6 is 12.6 Å². The molecule has 0 aromatic carbocycles. The lowest BCUT2D eigenvalue weighted by molar-refractivity contribution is 0.0958. The Morgan fingerprint density at radius 3 is 2.36 bits per heavy atom. The third-order valence-electron chi connectivity index (χ3n) is 3.58. The van der Waals surface area contributed by atoms with Gasteiger partial charge in [-0.25, -0.2) is 0 Å². The first-order chi connectivity index (χ1) is 6.74. The summed E-state index contributed by atoms with van der Waals surface area (Å²) in [4.78, 5) is 2.48. The van der Waals surface area contributed by atoms with Gasteiger partial charge in [-0.15, -0.1) is 0 Å². The van der Waals surface area contributed by atoms with E-state index in [2.05, 4.69) is 17.5 Å². The molecule has 0 N–H and O–H groups in total. The normalized spacial score (nSPS) is 28.6. The van der Waals surface area contributed by atoms with Gasteiger partial charge in [0.05, 0.1) is 0 Å². The van der Waals surface area contributed by atoms with Crippen LogP contribution in [0.1, 0.15) is 19.3 Å². The van der Waals surface area contributed by atoms with Crippen molar-refractivity contribution in [3.8, 4) is 0 Å². The largest absolute Gasteiger partial charge is 0.301 e. The summed E-state index contributed by atoms with van der Waals surface area (Å²) in [5.74, 6) is 2.78. The lowest BCUT2D eigenvalue weighted by atomic mass is 9.70. The molecule has 1 aliphatic heterocycles. The van der Waals surface area contributed by atoms with E-state index >= 15 is 0 Å². The van der Waals surface area contributed by atoms with Crippen LogP contribution in [0.3, 0.4) is 0 Å². The first-order valence-electron chi connectivity index (χ1n) is 5.42. The summed E-state index contributed by atoms with van der Waals surface area (Å²) in [6.07, 6.45) is 4.06. The average Bonchev–Trinajstić information content (AvgIpc) is 2.15. The van der Waals surface area contributed by atoms with Gasteiger partial charge in [0.15, 0.2) is 0 Å². The second-order valence-electron chi connectivity index (χ2n) is 4.64. The van der Waals surface area contributed by atoms with E-state index in [1.54, 1.807) is 0 Å². The van der Waals surface area contributed by atoms with Crippen molar-refractivity contribution in [3.63, 3.8) is 0 Å². The number of hydrogen-bond donors (Lipinski definition) is 1. The van der Waals surface area contributed by atoms with Crippen LogP contribution in [-0.2, 0) is 10.8 Å². The van der Waals surface area contributed by atoms with Gasteiger partial charge >= 0.3 is 0 Å². The third-order valence-corrected chi connectivity index (χ3v) is 5.53. The molecule has 0 aromatic heterocycles. The van der Waals surface area contributed by atoms with Crippen molar-refractivity contribution in [2.45, 2.75) is 19.3 Å². The van der Waals surface area contributed by atoms with Crippen LogP contribution < -0.4 is 0 Å². The van der Waals surface area contributed by atoms with Crippen LogP contribution in [0, 0.1) is 5.41 Å². The van der Waals surface area contributed by atoms with E-state index in [0.717, 1.165) is 30.3 Å². The van der Waals surface area contributed by atoms with Crippen molar-refractivity contribution < 1.29 is 4.21 Å². The number of rotatable bonds is 3. The Bertz CT molecular complexity index is 213. The fourth-order valence-electron chi connectivity index (χ4n) is 2.35. The second-order valence-corrected chi connectivity index (χ2v) is 6.65. The molecule has 0 atom stereocenters. The molecule has 2 aliphatic rings. The van der Waals surface area contributed by atoms with Crippen LogP contribution in [0.25, 0.3) is 0 Å². The van der Waals surface area contributed by atoms with Crippen molar-refractivity contribution in [1.82, 2.24) is 4.90 Å². The molecular weight excluding hydrogens is 214 g/mol. The minimum absolute atomic E-state index is 0.502. The standard InChI is InChI=1S/C10H19NOS2/c12-14-6-4-11(5-7-14)8-10(9-13)2-1-3-10/h13H,1-9H2. The average molecular weight is 233 g/mol. The lowest BCUT2D eigenvalue weighted by Crippen LogP contribution is -2.48. The maximum atomic E-state index is 11.2. The summed E-state index contributed by atoms with van der Waals surface area (Å²) in [6.45, 7) is 3.25. The molecule has 1 heterocycles. The fraction of sp³-hybridized carbons (Fsp3) is 1.00. The first kappa shape index (κ1) is 11.0. The molecule has 4 heteroatoms. The topological polar surface area (TPSA) is 20.3 Å². The predicted octanol–water partition coefficient (Wildman–Crippen LogP) is 1.15. The van der Waals surface area contributed by atoms with Gasteiger partial charge in [-0.1, -0.05) is 6.42 Å². The Balaban J connectivity index is 1.82. The molecular formula is C10H19NOS2. The summed E-state index contributed by atoms with van der Waals surface area (Å²) in [6, 6.07) is 0. The summed E-state index contributed by atoms with van der Waals surface area (Å²) in [5.41, 5.74) is 0.502. The Hall–Kier alpha value is 0.460. The molecule has 0 unspecified atom stereocenters. The maximum absolute atomic E-state index is 11.2. The maximum Gasteiger partial charge on any atom is 0.0363 e. The van der Waals surface area contributed by atoms with E-state index in [9.17, 15) is 4.21 Å². The van der Waals surface area contributed by atoms with Gasteiger partial charge in [0.2, 0.25) is 0 Å². The Morgan fingerprint density at radius 2 is 1.93 bits per heavy atom. The van der Waals surface area contributed by atoms with Crippen molar-refractivity contribution in [3.05, 3.63) is 0 Å². The first-order valence-corrected chi connectivity index (χ1v) is 7.54. The van der Waals surface area contributed by atoms with Gasteiger partial charge in [-0.2, -0.15) is 12.6 Å². The third kappa shape index (κ3) is 2.34. The molecule has 0 aromatic rings. The van der Waals surface area contributed by atoms with Crippen LogP contribution in [0.15, 0.2) is 0 Å². The van der Waals surface area contributed by atoms with E-state index in [-0.39, 0.29) is 0 Å². The summed E-state index contributed by atoms with van der Waals surface area (Å²) in [7, 11) is -0.536. The fourth-order valence-corrected chi connectivity index (χ4v) is 3.90. The highest BCUT2D eigenvalue weighted by molar-refractivity contribution is 7.85. The quantitative estimate of drug-likeness (QED) is 0.738. The summed E-state index contributed by atoms with van der Waals surface area (Å²) >= 11 is 4.46. The summed E-state index contributed by atoms with van der Waals surface area (Å²) in [5, 5.41) is 0. The highest BCUT2D eigenvalue weighted by Gasteiger charge is 2.37. The van der Waals surface area contributed by atoms with Crippen LogP contribution in [0.2, 0.25) is 0 Å². The number of hydrogen-bond acceptors (Lipinski definition) is 3. The van der Waals surface area contributed by atoms with Gasteiger partial charge in [-0.05, 0) is 24.0 Å². The van der Waals surface area contributed by atoms with Crippen LogP contribution in [-0.4, -0.2) is 46.0 Å². The highest BCUT2D eigenvalue weighted by Crippen LogP contribution is 2.42. The molecule has 0 radical (unpaired) electrons. The van der Waals surface area contributed by atoms with Crippen molar-refractivity contribution in [2.24, 2.45) is 5.41 Å². The van der Waals surface area contributed by atoms with E-state index in [1.807, 2.05) is 0 Å². The zero-order valence-electron chi connectivity index (χ0n) is 8.57. The molecule has 2 fully saturated rings. The van der Waals surface area contributed by atoms with E-state index < -0.39 is 10.8 Å². The molecule has 1 saturated heterocycles. The van der Waals surface area contributed by atoms with E-state index in [1.165, 1.54) is 25.8 Å². The smallest absolute Gasteiger partial charge is 0.0363 e. The van der Waals surface area contributed by atoms with Gasteiger partial charge in [0.1, 0.15) is 0 Å². The highest BCUT2D eigenvalue weighted by atomic mass is 32.2. The zero-order valence-corrected chi connectivity index (χ0v) is 10.3. The van der Waals surface area contributed by atoms with E-state index in [0.29, 0.717) is 5.41 Å².